The fraction of sp³-hybridized carbons (Fsp3) is 0.316. The Morgan fingerprint density at radius 1 is 1.19 bits per heavy atom. The van der Waals surface area contributed by atoms with Gasteiger partial charge in [-0.25, -0.2) is 8.42 Å². The van der Waals surface area contributed by atoms with Crippen molar-refractivity contribution in [3.05, 3.63) is 58.6 Å². The average Bonchev–Trinajstić information content (AvgIpc) is 2.61. The highest BCUT2D eigenvalue weighted by Crippen LogP contribution is 2.26. The number of nitrogens with zero attached hydrogens (tertiary/aromatic N) is 2. The molecule has 0 heterocycles. The van der Waals surface area contributed by atoms with E-state index in [9.17, 15) is 13.2 Å². The number of halogens is 1. The zero-order chi connectivity index (χ0) is 20.2. The molecule has 2 aromatic carbocycles. The Labute approximate surface area is 165 Å². The minimum atomic E-state index is -3.67. The van der Waals surface area contributed by atoms with Crippen molar-refractivity contribution in [1.29, 1.82) is 0 Å². The number of methoxy groups -OCH3 is 1. The lowest BCUT2D eigenvalue weighted by Gasteiger charge is -2.26. The normalized spacial score (nSPS) is 11.1. The van der Waals surface area contributed by atoms with Crippen LogP contribution in [0.25, 0.3) is 0 Å². The largest absolute Gasteiger partial charge is 0.496 e. The van der Waals surface area contributed by atoms with E-state index in [0.717, 1.165) is 16.1 Å². The third-order valence-electron chi connectivity index (χ3n) is 4.14. The molecule has 0 N–H and O–H groups in total. The van der Waals surface area contributed by atoms with E-state index in [0.29, 0.717) is 28.6 Å². The highest BCUT2D eigenvalue weighted by Gasteiger charge is 2.24. The highest BCUT2D eigenvalue weighted by atomic mass is 35.5. The van der Waals surface area contributed by atoms with Crippen molar-refractivity contribution in [2.45, 2.75) is 13.5 Å². The van der Waals surface area contributed by atoms with Crippen LogP contribution >= 0.6 is 11.6 Å². The fourth-order valence-electron chi connectivity index (χ4n) is 2.65. The molecule has 2 rings (SSSR count). The summed E-state index contributed by atoms with van der Waals surface area (Å²) >= 11 is 6.02. The Morgan fingerprint density at radius 2 is 1.85 bits per heavy atom. The van der Waals surface area contributed by atoms with Gasteiger partial charge in [0.25, 0.3) is 0 Å². The van der Waals surface area contributed by atoms with Crippen molar-refractivity contribution in [3.8, 4) is 5.75 Å². The van der Waals surface area contributed by atoms with Gasteiger partial charge >= 0.3 is 0 Å². The molecule has 0 aromatic heterocycles. The third-order valence-corrected chi connectivity index (χ3v) is 5.51. The molecule has 6 nitrogen and oxygen atoms in total. The molecule has 146 valence electrons. The van der Waals surface area contributed by atoms with Crippen LogP contribution in [0.5, 0.6) is 5.75 Å². The quantitative estimate of drug-likeness (QED) is 0.703. The van der Waals surface area contributed by atoms with E-state index >= 15 is 0 Å². The van der Waals surface area contributed by atoms with Crippen LogP contribution < -0.4 is 9.04 Å². The molecule has 27 heavy (non-hydrogen) atoms. The zero-order valence-corrected chi connectivity index (χ0v) is 17.3. The predicted molar refractivity (Wildman–Crippen MR) is 108 cm³/mol. The molecule has 0 radical (unpaired) electrons. The van der Waals surface area contributed by atoms with E-state index in [-0.39, 0.29) is 12.5 Å². The monoisotopic (exact) mass is 410 g/mol. The number of benzene rings is 2. The summed E-state index contributed by atoms with van der Waals surface area (Å²) in [5.74, 6) is 0.327. The summed E-state index contributed by atoms with van der Waals surface area (Å²) in [6, 6.07) is 12.3. The topological polar surface area (TPSA) is 66.9 Å². The molecule has 0 fully saturated rings. The predicted octanol–water partition coefficient (Wildman–Crippen LogP) is 3.08. The second kappa shape index (κ2) is 8.63. The van der Waals surface area contributed by atoms with Gasteiger partial charge < -0.3 is 9.64 Å². The summed E-state index contributed by atoms with van der Waals surface area (Å²) < 4.78 is 31.0. The van der Waals surface area contributed by atoms with Crippen molar-refractivity contribution in [3.63, 3.8) is 0 Å². The van der Waals surface area contributed by atoms with Crippen LogP contribution in [-0.4, -0.2) is 46.2 Å². The van der Waals surface area contributed by atoms with Gasteiger partial charge in [0.1, 0.15) is 12.3 Å². The summed E-state index contributed by atoms with van der Waals surface area (Å²) in [4.78, 5) is 14.2. The van der Waals surface area contributed by atoms with Gasteiger partial charge in [-0.2, -0.15) is 0 Å². The van der Waals surface area contributed by atoms with Crippen LogP contribution in [-0.2, 0) is 21.4 Å². The van der Waals surface area contributed by atoms with E-state index < -0.39 is 10.0 Å². The van der Waals surface area contributed by atoms with E-state index in [1.54, 1.807) is 39.3 Å². The van der Waals surface area contributed by atoms with Crippen LogP contribution in [0.15, 0.2) is 42.5 Å². The number of hydrogen-bond donors (Lipinski definition) is 0. The van der Waals surface area contributed by atoms with Gasteiger partial charge in [0.15, 0.2) is 0 Å². The lowest BCUT2D eigenvalue weighted by atomic mass is 10.2. The smallest absolute Gasteiger partial charge is 0.243 e. The third kappa shape index (κ3) is 5.37. The van der Waals surface area contributed by atoms with Crippen LogP contribution in [0.4, 0.5) is 5.69 Å². The number of sulfonamides is 1. The van der Waals surface area contributed by atoms with Crippen molar-refractivity contribution < 1.29 is 17.9 Å². The van der Waals surface area contributed by atoms with Crippen molar-refractivity contribution >= 4 is 33.2 Å². The molecular formula is C19H23ClN2O4S. The molecule has 0 spiro atoms. The summed E-state index contributed by atoms with van der Waals surface area (Å²) in [5.41, 5.74) is 1.94. The van der Waals surface area contributed by atoms with Gasteiger partial charge in [0.2, 0.25) is 15.9 Å². The SMILES string of the molecule is COc1ccccc1CN(C)C(=O)CN(c1cc(Cl)ccc1C)S(C)(=O)=O. The standard InChI is InChI=1S/C19H23ClN2O4S/c1-14-9-10-16(20)11-17(14)22(27(4,24)25)13-19(23)21(2)12-15-7-5-6-8-18(15)26-3/h5-11H,12-13H2,1-4H3. The Kier molecular flexibility index (Phi) is 6.73. The number of likely N-dealkylation sites (N-methyl/N-ethyl adjacent to an activating group) is 1. The van der Waals surface area contributed by atoms with Gasteiger partial charge in [-0.3, -0.25) is 9.10 Å². The molecule has 0 unspecified atom stereocenters. The summed E-state index contributed by atoms with van der Waals surface area (Å²) in [6.45, 7) is 1.76. The molecule has 0 saturated carbocycles. The Hall–Kier alpha value is -2.25. The van der Waals surface area contributed by atoms with Crippen molar-refractivity contribution in [2.75, 3.05) is 31.3 Å². The average molecular weight is 411 g/mol. The minimum Gasteiger partial charge on any atom is -0.496 e. The maximum Gasteiger partial charge on any atom is 0.243 e. The molecule has 0 bridgehead atoms. The van der Waals surface area contributed by atoms with Gasteiger partial charge in [-0.15, -0.1) is 0 Å². The number of aryl methyl sites for hydroxylation is 1. The number of amides is 1. The molecule has 0 atom stereocenters. The lowest BCUT2D eigenvalue weighted by molar-refractivity contribution is -0.128. The van der Waals surface area contributed by atoms with Crippen LogP contribution in [0.3, 0.4) is 0 Å². The number of carbonyl (C=O) groups is 1. The first-order valence-electron chi connectivity index (χ1n) is 8.23. The number of carbonyl (C=O) groups excluding carboxylic acids is 1. The lowest BCUT2D eigenvalue weighted by Crippen LogP contribution is -2.41. The number of hydrogen-bond acceptors (Lipinski definition) is 4. The van der Waals surface area contributed by atoms with Crippen molar-refractivity contribution in [1.82, 2.24) is 4.90 Å². The molecule has 1 amide bonds. The van der Waals surface area contributed by atoms with Crippen molar-refractivity contribution in [2.24, 2.45) is 0 Å². The van der Waals surface area contributed by atoms with Crippen LogP contribution in [0, 0.1) is 6.92 Å². The van der Waals surface area contributed by atoms with Gasteiger partial charge in [0.05, 0.1) is 19.1 Å². The molecule has 2 aromatic rings. The second-order valence-electron chi connectivity index (χ2n) is 6.26. The number of anilines is 1. The van der Waals surface area contributed by atoms with Crippen LogP contribution in [0.2, 0.25) is 5.02 Å². The Bertz CT molecular complexity index is 931. The molecule has 0 aliphatic heterocycles. The Morgan fingerprint density at radius 3 is 2.48 bits per heavy atom. The molecular weight excluding hydrogens is 388 g/mol. The molecule has 0 aliphatic carbocycles. The summed E-state index contributed by atoms with van der Waals surface area (Å²) in [5, 5.41) is 0.402. The zero-order valence-electron chi connectivity index (χ0n) is 15.8. The summed E-state index contributed by atoms with van der Waals surface area (Å²) in [6.07, 6.45) is 1.07. The summed E-state index contributed by atoms with van der Waals surface area (Å²) in [7, 11) is -0.480. The number of rotatable bonds is 7. The minimum absolute atomic E-state index is 0.301. The highest BCUT2D eigenvalue weighted by molar-refractivity contribution is 7.92. The second-order valence-corrected chi connectivity index (χ2v) is 8.61. The number of para-hydroxylation sites is 1. The number of ether oxygens (including phenoxy) is 1. The molecule has 0 aliphatic rings. The first kappa shape index (κ1) is 21.1. The first-order chi connectivity index (χ1) is 12.6. The van der Waals surface area contributed by atoms with E-state index in [1.165, 1.54) is 4.90 Å². The molecule has 8 heteroatoms. The van der Waals surface area contributed by atoms with E-state index in [1.807, 2.05) is 24.3 Å². The Balaban J connectivity index is 2.25. The van der Waals surface area contributed by atoms with Gasteiger partial charge in [-0.05, 0) is 30.7 Å². The van der Waals surface area contributed by atoms with Crippen LogP contribution in [0.1, 0.15) is 11.1 Å². The maximum atomic E-state index is 12.7. The van der Waals surface area contributed by atoms with Gasteiger partial charge in [-0.1, -0.05) is 35.9 Å². The fourth-order valence-corrected chi connectivity index (χ4v) is 3.72. The van der Waals surface area contributed by atoms with E-state index in [2.05, 4.69) is 0 Å². The first-order valence-corrected chi connectivity index (χ1v) is 10.5. The molecule has 0 saturated heterocycles. The van der Waals surface area contributed by atoms with E-state index in [4.69, 9.17) is 16.3 Å². The maximum absolute atomic E-state index is 12.7. The van der Waals surface area contributed by atoms with Gasteiger partial charge in [0, 0.05) is 24.2 Å².